The molecule has 0 amide bonds. The van der Waals surface area contributed by atoms with Crippen LogP contribution in [-0.4, -0.2) is 5.38 Å². The van der Waals surface area contributed by atoms with Crippen molar-refractivity contribution >= 4 is 11.6 Å². The summed E-state index contributed by atoms with van der Waals surface area (Å²) in [4.78, 5) is 0. The van der Waals surface area contributed by atoms with Crippen LogP contribution in [0.15, 0.2) is 0 Å². The third kappa shape index (κ3) is 12.3. The predicted molar refractivity (Wildman–Crippen MR) is 62.5 cm³/mol. The van der Waals surface area contributed by atoms with Crippen molar-refractivity contribution in [2.75, 3.05) is 0 Å². The van der Waals surface area contributed by atoms with Gasteiger partial charge in [-0.2, -0.15) is 0 Å². The van der Waals surface area contributed by atoms with E-state index in [1.807, 2.05) is 0 Å². The van der Waals surface area contributed by atoms with E-state index in [4.69, 9.17) is 11.6 Å². The first-order valence-corrected chi connectivity index (χ1v) is 6.35. The molecule has 0 nitrogen and oxygen atoms in total. The molecule has 0 saturated carbocycles. The molecule has 13 heavy (non-hydrogen) atoms. The molecular formula is C12H25Cl. The highest BCUT2D eigenvalue weighted by molar-refractivity contribution is 6.20. The van der Waals surface area contributed by atoms with E-state index in [1.165, 1.54) is 57.8 Å². The molecule has 0 aromatic rings. The normalized spacial score (nSPS) is 13.2. The Morgan fingerprint density at radius 1 is 0.846 bits per heavy atom. The summed E-state index contributed by atoms with van der Waals surface area (Å²) in [5.41, 5.74) is 0. The van der Waals surface area contributed by atoms with Crippen LogP contribution in [0.2, 0.25) is 0 Å². The van der Waals surface area contributed by atoms with Gasteiger partial charge in [0.25, 0.3) is 0 Å². The largest absolute Gasteiger partial charge is 0.123 e. The zero-order valence-electron chi connectivity index (χ0n) is 9.32. The fraction of sp³-hybridized carbons (Fsp3) is 1.00. The average molecular weight is 205 g/mol. The van der Waals surface area contributed by atoms with E-state index in [9.17, 15) is 0 Å². The van der Waals surface area contributed by atoms with Crippen LogP contribution in [0.4, 0.5) is 0 Å². The maximum Gasteiger partial charge on any atom is 0.0307 e. The van der Waals surface area contributed by atoms with Gasteiger partial charge in [-0.3, -0.25) is 0 Å². The molecule has 0 aromatic carbocycles. The van der Waals surface area contributed by atoms with Gasteiger partial charge in [0.2, 0.25) is 0 Å². The summed E-state index contributed by atoms with van der Waals surface area (Å²) in [6.07, 6.45) is 12.4. The smallest absolute Gasteiger partial charge is 0.0307 e. The highest BCUT2D eigenvalue weighted by Crippen LogP contribution is 2.12. The summed E-state index contributed by atoms with van der Waals surface area (Å²) in [7, 11) is 0. The minimum atomic E-state index is 0.375. The molecule has 0 aliphatic carbocycles. The standard InChI is InChI=1S/C12H25Cl/c1-3-4-5-6-7-8-9-10-11-12(2)13/h12H,3-11H2,1-2H3/t12-/m0/s1. The minimum Gasteiger partial charge on any atom is -0.123 e. The van der Waals surface area contributed by atoms with Gasteiger partial charge in [0.05, 0.1) is 0 Å². The van der Waals surface area contributed by atoms with Crippen LogP contribution in [0.5, 0.6) is 0 Å². The molecule has 1 atom stereocenters. The Morgan fingerprint density at radius 3 is 1.77 bits per heavy atom. The second-order valence-electron chi connectivity index (χ2n) is 4.04. The molecule has 0 spiro atoms. The van der Waals surface area contributed by atoms with Crippen molar-refractivity contribution in [3.05, 3.63) is 0 Å². The van der Waals surface area contributed by atoms with Crippen LogP contribution in [-0.2, 0) is 0 Å². The van der Waals surface area contributed by atoms with Gasteiger partial charge in [-0.15, -0.1) is 11.6 Å². The molecule has 0 unspecified atom stereocenters. The average Bonchev–Trinajstić information content (AvgIpc) is 2.09. The summed E-state index contributed by atoms with van der Waals surface area (Å²) in [6.45, 7) is 4.35. The molecule has 0 aliphatic rings. The SMILES string of the molecule is CCCCCCCCCC[C@H](C)Cl. The third-order valence-electron chi connectivity index (χ3n) is 2.46. The highest BCUT2D eigenvalue weighted by atomic mass is 35.5. The Balaban J connectivity index is 2.84. The van der Waals surface area contributed by atoms with Gasteiger partial charge in [-0.25, -0.2) is 0 Å². The Labute approximate surface area is 89.1 Å². The highest BCUT2D eigenvalue weighted by Gasteiger charge is 1.95. The first kappa shape index (κ1) is 13.3. The number of rotatable bonds is 9. The Kier molecular flexibility index (Phi) is 10.6. The Bertz CT molecular complexity index is 89.1. The molecule has 80 valence electrons. The fourth-order valence-electron chi connectivity index (χ4n) is 1.56. The van der Waals surface area contributed by atoms with Gasteiger partial charge < -0.3 is 0 Å². The molecule has 0 aromatic heterocycles. The lowest BCUT2D eigenvalue weighted by atomic mass is 10.1. The molecule has 0 fully saturated rings. The monoisotopic (exact) mass is 204 g/mol. The van der Waals surface area contributed by atoms with Crippen molar-refractivity contribution in [2.45, 2.75) is 77.0 Å². The van der Waals surface area contributed by atoms with E-state index < -0.39 is 0 Å². The van der Waals surface area contributed by atoms with Crippen molar-refractivity contribution in [3.63, 3.8) is 0 Å². The summed E-state index contributed by atoms with van der Waals surface area (Å²) < 4.78 is 0. The molecule has 0 aliphatic heterocycles. The lowest BCUT2D eigenvalue weighted by molar-refractivity contribution is 0.563. The molecule has 0 rings (SSSR count). The van der Waals surface area contributed by atoms with E-state index in [0.29, 0.717) is 5.38 Å². The summed E-state index contributed by atoms with van der Waals surface area (Å²) in [5, 5.41) is 0.375. The quantitative estimate of drug-likeness (QED) is 0.360. The predicted octanol–water partition coefficient (Wildman–Crippen LogP) is 5.14. The molecule has 0 N–H and O–H groups in total. The zero-order valence-corrected chi connectivity index (χ0v) is 10.1. The lowest BCUT2D eigenvalue weighted by Crippen LogP contribution is -1.89. The number of unbranched alkanes of at least 4 members (excludes halogenated alkanes) is 7. The van der Waals surface area contributed by atoms with Crippen LogP contribution in [0.25, 0.3) is 0 Å². The first-order valence-electron chi connectivity index (χ1n) is 5.91. The topological polar surface area (TPSA) is 0 Å². The third-order valence-corrected chi connectivity index (χ3v) is 2.67. The van der Waals surface area contributed by atoms with Crippen LogP contribution >= 0.6 is 11.6 Å². The van der Waals surface area contributed by atoms with Crippen molar-refractivity contribution < 1.29 is 0 Å². The molecule has 0 saturated heterocycles. The van der Waals surface area contributed by atoms with Crippen molar-refractivity contribution in [1.82, 2.24) is 0 Å². The molecule has 0 radical (unpaired) electrons. The van der Waals surface area contributed by atoms with Crippen LogP contribution in [0.3, 0.4) is 0 Å². The van der Waals surface area contributed by atoms with Crippen LogP contribution < -0.4 is 0 Å². The zero-order chi connectivity index (χ0) is 9.94. The Morgan fingerprint density at radius 2 is 1.31 bits per heavy atom. The van der Waals surface area contributed by atoms with Crippen LogP contribution in [0, 0.1) is 0 Å². The number of hydrogen-bond donors (Lipinski definition) is 0. The second-order valence-corrected chi connectivity index (χ2v) is 4.79. The molecule has 0 bridgehead atoms. The van der Waals surface area contributed by atoms with Crippen molar-refractivity contribution in [2.24, 2.45) is 0 Å². The minimum absolute atomic E-state index is 0.375. The summed E-state index contributed by atoms with van der Waals surface area (Å²) in [6, 6.07) is 0. The van der Waals surface area contributed by atoms with Gasteiger partial charge in [0.1, 0.15) is 0 Å². The second kappa shape index (κ2) is 10.4. The summed E-state index contributed by atoms with van der Waals surface area (Å²) in [5.74, 6) is 0. The summed E-state index contributed by atoms with van der Waals surface area (Å²) >= 11 is 5.86. The van der Waals surface area contributed by atoms with E-state index in [1.54, 1.807) is 0 Å². The molecule has 0 heterocycles. The number of alkyl halides is 1. The van der Waals surface area contributed by atoms with Gasteiger partial charge in [0, 0.05) is 5.38 Å². The van der Waals surface area contributed by atoms with Gasteiger partial charge >= 0.3 is 0 Å². The molecular weight excluding hydrogens is 180 g/mol. The maximum absolute atomic E-state index is 5.86. The molecule has 1 heteroatoms. The lowest BCUT2D eigenvalue weighted by Gasteiger charge is -2.02. The van der Waals surface area contributed by atoms with Gasteiger partial charge in [-0.1, -0.05) is 58.3 Å². The maximum atomic E-state index is 5.86. The Hall–Kier alpha value is 0.290. The number of hydrogen-bond acceptors (Lipinski definition) is 0. The van der Waals surface area contributed by atoms with E-state index in [0.717, 1.165) is 0 Å². The van der Waals surface area contributed by atoms with E-state index in [-0.39, 0.29) is 0 Å². The fourth-order valence-corrected chi connectivity index (χ4v) is 1.71. The van der Waals surface area contributed by atoms with E-state index in [2.05, 4.69) is 13.8 Å². The van der Waals surface area contributed by atoms with Gasteiger partial charge in [0.15, 0.2) is 0 Å². The number of halogens is 1. The van der Waals surface area contributed by atoms with Crippen molar-refractivity contribution in [3.8, 4) is 0 Å². The van der Waals surface area contributed by atoms with E-state index >= 15 is 0 Å². The van der Waals surface area contributed by atoms with Gasteiger partial charge in [-0.05, 0) is 13.3 Å². The first-order chi connectivity index (χ1) is 6.27. The van der Waals surface area contributed by atoms with Crippen LogP contribution in [0.1, 0.15) is 71.6 Å². The van der Waals surface area contributed by atoms with Crippen molar-refractivity contribution in [1.29, 1.82) is 0 Å².